The summed E-state index contributed by atoms with van der Waals surface area (Å²) in [4.78, 5) is 23.7. The van der Waals surface area contributed by atoms with Crippen molar-refractivity contribution in [2.24, 2.45) is 5.92 Å². The highest BCUT2D eigenvalue weighted by molar-refractivity contribution is 7.98. The molecule has 4 rings (SSSR count). The molecule has 1 aliphatic heterocycles. The zero-order chi connectivity index (χ0) is 17.2. The van der Waals surface area contributed by atoms with Crippen molar-refractivity contribution in [1.82, 2.24) is 20.0 Å². The van der Waals surface area contributed by atoms with Crippen molar-refractivity contribution in [3.63, 3.8) is 0 Å². The van der Waals surface area contributed by atoms with Crippen molar-refractivity contribution in [3.8, 4) is 0 Å². The molecule has 132 valence electrons. The van der Waals surface area contributed by atoms with Gasteiger partial charge in [-0.2, -0.15) is 4.98 Å². The molecule has 0 spiro atoms. The van der Waals surface area contributed by atoms with Gasteiger partial charge in [0.1, 0.15) is 5.03 Å². The Kier molecular flexibility index (Phi) is 4.74. The highest BCUT2D eigenvalue weighted by Crippen LogP contribution is 2.38. The third-order valence-electron chi connectivity index (χ3n) is 4.89. The van der Waals surface area contributed by atoms with Crippen LogP contribution in [0.2, 0.25) is 0 Å². The number of nitrogens with zero attached hydrogens (tertiary/aromatic N) is 4. The Labute approximate surface area is 151 Å². The molecule has 0 unspecified atom stereocenters. The van der Waals surface area contributed by atoms with Gasteiger partial charge in [-0.05, 0) is 50.0 Å². The third kappa shape index (κ3) is 3.71. The van der Waals surface area contributed by atoms with Gasteiger partial charge in [0, 0.05) is 31.6 Å². The smallest absolute Gasteiger partial charge is 0.256 e. The van der Waals surface area contributed by atoms with E-state index >= 15 is 0 Å². The van der Waals surface area contributed by atoms with E-state index in [1.807, 2.05) is 23.3 Å². The number of aromatic nitrogens is 3. The van der Waals surface area contributed by atoms with Gasteiger partial charge >= 0.3 is 0 Å². The fourth-order valence-electron chi connectivity index (χ4n) is 3.41. The number of carbonyl (C=O) groups is 1. The summed E-state index contributed by atoms with van der Waals surface area (Å²) < 4.78 is 5.41. The molecule has 2 aliphatic rings. The lowest BCUT2D eigenvalue weighted by Crippen LogP contribution is -2.40. The quantitative estimate of drug-likeness (QED) is 0.765. The van der Waals surface area contributed by atoms with E-state index in [2.05, 4.69) is 15.1 Å². The molecule has 1 amide bonds. The van der Waals surface area contributed by atoms with Gasteiger partial charge in [-0.1, -0.05) is 5.16 Å². The van der Waals surface area contributed by atoms with E-state index in [-0.39, 0.29) is 5.91 Å². The number of carbonyl (C=O) groups excluding carboxylic acids is 1. The summed E-state index contributed by atoms with van der Waals surface area (Å²) in [6.07, 6.45) is 8.88. The Hall–Kier alpha value is -1.89. The Balaban J connectivity index is 1.42. The van der Waals surface area contributed by atoms with Crippen LogP contribution in [-0.4, -0.2) is 45.3 Å². The standard InChI is InChI=1S/C18H22N4O2S/c1-25-17-14(5-2-8-19-17)18(23)22-9-3-4-12(11-22)10-15-20-16(21-24-15)13-6-7-13/h2,5,8,12-13H,3-4,6-7,9-11H2,1H3/t12-/m0/s1. The van der Waals surface area contributed by atoms with E-state index in [1.165, 1.54) is 24.6 Å². The molecule has 0 bridgehead atoms. The molecule has 7 heteroatoms. The van der Waals surface area contributed by atoms with Crippen molar-refractivity contribution >= 4 is 17.7 Å². The predicted molar refractivity (Wildman–Crippen MR) is 94.6 cm³/mol. The van der Waals surface area contributed by atoms with Crippen LogP contribution in [0.25, 0.3) is 0 Å². The Bertz CT molecular complexity index is 759. The maximum atomic E-state index is 12.9. The van der Waals surface area contributed by atoms with Gasteiger partial charge in [-0.3, -0.25) is 4.79 Å². The lowest BCUT2D eigenvalue weighted by molar-refractivity contribution is 0.0664. The lowest BCUT2D eigenvalue weighted by Gasteiger charge is -2.32. The van der Waals surface area contributed by atoms with Crippen LogP contribution in [0.4, 0.5) is 0 Å². The number of pyridine rings is 1. The number of amides is 1. The molecule has 2 aromatic rings. The first-order valence-corrected chi connectivity index (χ1v) is 10.1. The van der Waals surface area contributed by atoms with Gasteiger partial charge in [0.25, 0.3) is 5.91 Å². The number of thioether (sulfide) groups is 1. The Morgan fingerprint density at radius 3 is 3.08 bits per heavy atom. The molecule has 6 nitrogen and oxygen atoms in total. The number of hydrogen-bond donors (Lipinski definition) is 0. The summed E-state index contributed by atoms with van der Waals surface area (Å²) in [6, 6.07) is 3.69. The van der Waals surface area contributed by atoms with E-state index in [0.29, 0.717) is 23.3 Å². The van der Waals surface area contributed by atoms with Crippen LogP contribution in [0.1, 0.15) is 53.7 Å². The van der Waals surface area contributed by atoms with Crippen LogP contribution >= 0.6 is 11.8 Å². The summed E-state index contributed by atoms with van der Waals surface area (Å²) in [5.74, 6) is 2.54. The van der Waals surface area contributed by atoms with E-state index < -0.39 is 0 Å². The van der Waals surface area contributed by atoms with Gasteiger partial charge in [0.2, 0.25) is 5.89 Å². The zero-order valence-electron chi connectivity index (χ0n) is 14.4. The molecule has 0 radical (unpaired) electrons. The molecular weight excluding hydrogens is 336 g/mol. The molecule has 0 N–H and O–H groups in total. The lowest BCUT2D eigenvalue weighted by atomic mass is 9.94. The molecule has 2 aromatic heterocycles. The normalized spacial score (nSPS) is 20.7. The molecule has 0 aromatic carbocycles. The van der Waals surface area contributed by atoms with Gasteiger partial charge in [0.05, 0.1) is 5.56 Å². The van der Waals surface area contributed by atoms with Crippen molar-refractivity contribution in [2.75, 3.05) is 19.3 Å². The summed E-state index contributed by atoms with van der Waals surface area (Å²) in [6.45, 7) is 1.54. The minimum Gasteiger partial charge on any atom is -0.339 e. The first kappa shape index (κ1) is 16.6. The Morgan fingerprint density at radius 1 is 1.40 bits per heavy atom. The van der Waals surface area contributed by atoms with E-state index in [0.717, 1.165) is 43.2 Å². The molecule has 1 atom stereocenters. The molecule has 2 fully saturated rings. The topological polar surface area (TPSA) is 72.1 Å². The molecule has 25 heavy (non-hydrogen) atoms. The van der Waals surface area contributed by atoms with Crippen LogP contribution < -0.4 is 0 Å². The van der Waals surface area contributed by atoms with Crippen molar-refractivity contribution in [2.45, 2.75) is 43.0 Å². The predicted octanol–water partition coefficient (Wildman–Crippen LogP) is 3.16. The number of rotatable bonds is 5. The van der Waals surface area contributed by atoms with Crippen LogP contribution in [0.5, 0.6) is 0 Å². The van der Waals surface area contributed by atoms with Gasteiger partial charge in [0.15, 0.2) is 5.82 Å². The summed E-state index contributed by atoms with van der Waals surface area (Å²) in [5.41, 5.74) is 0.699. The Morgan fingerprint density at radius 2 is 2.28 bits per heavy atom. The van der Waals surface area contributed by atoms with E-state index in [1.54, 1.807) is 6.20 Å². The average molecular weight is 358 g/mol. The number of hydrogen-bond acceptors (Lipinski definition) is 6. The van der Waals surface area contributed by atoms with E-state index in [4.69, 9.17) is 4.52 Å². The SMILES string of the molecule is CSc1ncccc1C(=O)N1CCC[C@@H](Cc2nc(C3CC3)no2)C1. The largest absolute Gasteiger partial charge is 0.339 e. The molecule has 1 aliphatic carbocycles. The maximum absolute atomic E-state index is 12.9. The second-order valence-corrected chi connectivity index (χ2v) is 7.64. The van der Waals surface area contributed by atoms with E-state index in [9.17, 15) is 4.79 Å². The minimum atomic E-state index is 0.0753. The van der Waals surface area contributed by atoms with Crippen LogP contribution in [0.15, 0.2) is 27.9 Å². The van der Waals surface area contributed by atoms with Crippen molar-refractivity contribution in [3.05, 3.63) is 35.6 Å². The van der Waals surface area contributed by atoms with Crippen LogP contribution in [-0.2, 0) is 6.42 Å². The monoisotopic (exact) mass is 358 g/mol. The molecule has 1 saturated carbocycles. The van der Waals surface area contributed by atoms with Crippen LogP contribution in [0, 0.1) is 5.92 Å². The first-order chi connectivity index (χ1) is 12.2. The van der Waals surface area contributed by atoms with Gasteiger partial charge in [-0.25, -0.2) is 4.98 Å². The minimum absolute atomic E-state index is 0.0753. The zero-order valence-corrected chi connectivity index (χ0v) is 15.2. The second kappa shape index (κ2) is 7.15. The molecule has 3 heterocycles. The average Bonchev–Trinajstić information content (AvgIpc) is 3.41. The van der Waals surface area contributed by atoms with Crippen molar-refractivity contribution < 1.29 is 9.32 Å². The highest BCUT2D eigenvalue weighted by Gasteiger charge is 2.30. The maximum Gasteiger partial charge on any atom is 0.256 e. The fourth-order valence-corrected chi connectivity index (χ4v) is 3.95. The van der Waals surface area contributed by atoms with Crippen molar-refractivity contribution in [1.29, 1.82) is 0 Å². The number of piperidine rings is 1. The summed E-state index contributed by atoms with van der Waals surface area (Å²) in [7, 11) is 0. The van der Waals surface area contributed by atoms with Crippen LogP contribution in [0.3, 0.4) is 0 Å². The second-order valence-electron chi connectivity index (χ2n) is 6.84. The number of likely N-dealkylation sites (tertiary alicyclic amines) is 1. The summed E-state index contributed by atoms with van der Waals surface area (Å²) in [5, 5.41) is 4.88. The molecular formula is C18H22N4O2S. The van der Waals surface area contributed by atoms with Gasteiger partial charge < -0.3 is 9.42 Å². The third-order valence-corrected chi connectivity index (χ3v) is 5.60. The van der Waals surface area contributed by atoms with Gasteiger partial charge in [-0.15, -0.1) is 11.8 Å². The molecule has 1 saturated heterocycles. The fraction of sp³-hybridized carbons (Fsp3) is 0.556. The highest BCUT2D eigenvalue weighted by atomic mass is 32.2. The summed E-state index contributed by atoms with van der Waals surface area (Å²) >= 11 is 1.51. The first-order valence-electron chi connectivity index (χ1n) is 8.85.